The lowest BCUT2D eigenvalue weighted by atomic mass is 9.79. The zero-order chi connectivity index (χ0) is 9.97. The van der Waals surface area contributed by atoms with Crippen LogP contribution in [0.5, 0.6) is 0 Å². The molecule has 0 aromatic rings. The Morgan fingerprint density at radius 2 is 2.14 bits per heavy atom. The van der Waals surface area contributed by atoms with E-state index in [1.165, 1.54) is 45.1 Å². The van der Waals surface area contributed by atoms with Crippen LogP contribution in [-0.4, -0.2) is 23.5 Å². The first-order valence-electron chi connectivity index (χ1n) is 6.25. The van der Waals surface area contributed by atoms with Gasteiger partial charge in [0.2, 0.25) is 0 Å². The Balaban J connectivity index is 2.08. The van der Waals surface area contributed by atoms with E-state index in [1.54, 1.807) is 0 Å². The molecule has 1 nitrogen and oxygen atoms in total. The average molecular weight is 193 g/mol. The highest BCUT2D eigenvalue weighted by molar-refractivity contribution is 4.98. The summed E-state index contributed by atoms with van der Waals surface area (Å²) in [5, 5.41) is 0. The first kappa shape index (κ1) is 10.2. The topological polar surface area (TPSA) is 3.24 Å². The first-order chi connectivity index (χ1) is 6.86. The Labute approximate surface area is 88.2 Å². The third kappa shape index (κ3) is 1.75. The van der Waals surface area contributed by atoms with Crippen molar-refractivity contribution in [2.75, 3.05) is 6.54 Å². The van der Waals surface area contributed by atoms with Gasteiger partial charge in [-0.1, -0.05) is 25.8 Å². The Morgan fingerprint density at radius 3 is 2.86 bits per heavy atom. The molecule has 0 bridgehead atoms. The molecule has 0 spiro atoms. The number of piperidine rings is 2. The van der Waals surface area contributed by atoms with Gasteiger partial charge in [-0.15, -0.1) is 6.58 Å². The largest absolute Gasteiger partial charge is 0.294 e. The van der Waals surface area contributed by atoms with Crippen molar-refractivity contribution >= 4 is 0 Å². The van der Waals surface area contributed by atoms with Crippen LogP contribution >= 0.6 is 0 Å². The normalized spacial score (nSPS) is 39.1. The van der Waals surface area contributed by atoms with Gasteiger partial charge in [0.15, 0.2) is 0 Å². The van der Waals surface area contributed by atoms with E-state index < -0.39 is 0 Å². The predicted octanol–water partition coefficient (Wildman–Crippen LogP) is 3.22. The molecular formula is C13H23N. The van der Waals surface area contributed by atoms with Crippen molar-refractivity contribution in [1.29, 1.82) is 0 Å². The van der Waals surface area contributed by atoms with Crippen molar-refractivity contribution in [3.8, 4) is 0 Å². The van der Waals surface area contributed by atoms with E-state index >= 15 is 0 Å². The fraction of sp³-hybridized carbons (Fsp3) is 0.846. The Kier molecular flexibility index (Phi) is 3.27. The van der Waals surface area contributed by atoms with Crippen molar-refractivity contribution in [1.82, 2.24) is 4.90 Å². The second-order valence-electron chi connectivity index (χ2n) is 4.85. The summed E-state index contributed by atoms with van der Waals surface area (Å²) in [4.78, 5) is 2.73. The van der Waals surface area contributed by atoms with Crippen LogP contribution in [0.1, 0.15) is 45.4 Å². The smallest absolute Gasteiger partial charge is 0.0278 e. The molecular weight excluding hydrogens is 170 g/mol. The molecule has 1 heteroatoms. The monoisotopic (exact) mass is 193 g/mol. The minimum absolute atomic E-state index is 0.683. The summed E-state index contributed by atoms with van der Waals surface area (Å²) in [6.07, 6.45) is 10.6. The minimum Gasteiger partial charge on any atom is -0.294 e. The van der Waals surface area contributed by atoms with Gasteiger partial charge < -0.3 is 0 Å². The summed E-state index contributed by atoms with van der Waals surface area (Å²) in [6.45, 7) is 7.65. The number of nitrogens with zero attached hydrogens (tertiary/aromatic N) is 1. The molecule has 80 valence electrons. The van der Waals surface area contributed by atoms with Crippen LogP contribution < -0.4 is 0 Å². The van der Waals surface area contributed by atoms with Crippen LogP contribution in [0.15, 0.2) is 12.7 Å². The molecule has 2 rings (SSSR count). The molecule has 0 aromatic heterocycles. The molecule has 0 saturated carbocycles. The van der Waals surface area contributed by atoms with Crippen molar-refractivity contribution in [3.05, 3.63) is 12.7 Å². The predicted molar refractivity (Wildman–Crippen MR) is 61.3 cm³/mol. The minimum atomic E-state index is 0.683. The molecule has 2 aliphatic heterocycles. The fourth-order valence-electron chi connectivity index (χ4n) is 3.37. The quantitative estimate of drug-likeness (QED) is 0.609. The summed E-state index contributed by atoms with van der Waals surface area (Å²) in [5.74, 6) is 0.964. The van der Waals surface area contributed by atoms with E-state index in [1.807, 2.05) is 0 Å². The van der Waals surface area contributed by atoms with Crippen molar-refractivity contribution in [2.24, 2.45) is 5.92 Å². The molecule has 3 atom stereocenters. The summed E-state index contributed by atoms with van der Waals surface area (Å²) in [5.41, 5.74) is 0. The van der Waals surface area contributed by atoms with Crippen LogP contribution in [-0.2, 0) is 0 Å². The molecule has 1 unspecified atom stereocenters. The van der Waals surface area contributed by atoms with Gasteiger partial charge >= 0.3 is 0 Å². The maximum atomic E-state index is 3.98. The SMILES string of the molecule is C=C[C@H]1CCC(CC)[C@H]2CCCCN21. The lowest BCUT2D eigenvalue weighted by molar-refractivity contribution is 0.0291. The van der Waals surface area contributed by atoms with Crippen LogP contribution in [0.25, 0.3) is 0 Å². The van der Waals surface area contributed by atoms with Crippen molar-refractivity contribution in [2.45, 2.75) is 57.5 Å². The Morgan fingerprint density at radius 1 is 1.29 bits per heavy atom. The zero-order valence-corrected chi connectivity index (χ0v) is 9.41. The summed E-state index contributed by atoms with van der Waals surface area (Å²) in [6, 6.07) is 1.56. The maximum absolute atomic E-state index is 3.98. The van der Waals surface area contributed by atoms with Gasteiger partial charge in [0, 0.05) is 12.1 Å². The highest BCUT2D eigenvalue weighted by Crippen LogP contribution is 2.35. The molecule has 2 fully saturated rings. The van der Waals surface area contributed by atoms with Gasteiger partial charge in [-0.25, -0.2) is 0 Å². The van der Waals surface area contributed by atoms with E-state index in [0.717, 1.165) is 12.0 Å². The highest BCUT2D eigenvalue weighted by atomic mass is 15.2. The Bertz CT molecular complexity index is 199. The van der Waals surface area contributed by atoms with E-state index in [-0.39, 0.29) is 0 Å². The van der Waals surface area contributed by atoms with Gasteiger partial charge in [-0.05, 0) is 38.1 Å². The summed E-state index contributed by atoms with van der Waals surface area (Å²) < 4.78 is 0. The van der Waals surface area contributed by atoms with Gasteiger partial charge in [-0.2, -0.15) is 0 Å². The van der Waals surface area contributed by atoms with E-state index in [2.05, 4.69) is 24.5 Å². The summed E-state index contributed by atoms with van der Waals surface area (Å²) in [7, 11) is 0. The van der Waals surface area contributed by atoms with Gasteiger partial charge in [0.05, 0.1) is 0 Å². The molecule has 0 amide bonds. The van der Waals surface area contributed by atoms with E-state index in [9.17, 15) is 0 Å². The van der Waals surface area contributed by atoms with Gasteiger partial charge in [0.25, 0.3) is 0 Å². The van der Waals surface area contributed by atoms with Crippen LogP contribution in [0, 0.1) is 5.92 Å². The lowest BCUT2D eigenvalue weighted by Gasteiger charge is -2.48. The van der Waals surface area contributed by atoms with Crippen LogP contribution in [0.4, 0.5) is 0 Å². The molecule has 0 radical (unpaired) electrons. The van der Waals surface area contributed by atoms with E-state index in [0.29, 0.717) is 6.04 Å². The maximum Gasteiger partial charge on any atom is 0.0278 e. The van der Waals surface area contributed by atoms with Crippen molar-refractivity contribution < 1.29 is 0 Å². The van der Waals surface area contributed by atoms with Gasteiger partial charge in [-0.3, -0.25) is 4.90 Å². The van der Waals surface area contributed by atoms with Gasteiger partial charge in [0.1, 0.15) is 0 Å². The summed E-state index contributed by atoms with van der Waals surface area (Å²) >= 11 is 0. The Hall–Kier alpha value is -0.300. The number of rotatable bonds is 2. The standard InChI is InChI=1S/C13H23N/c1-3-11-8-9-12(4-2)14-10-6-5-7-13(11)14/h4,11-13H,2-3,5-10H2,1H3/t11?,12-,13+/m0/s1. The van der Waals surface area contributed by atoms with Crippen LogP contribution in [0.2, 0.25) is 0 Å². The average Bonchev–Trinajstić information content (AvgIpc) is 2.27. The number of fused-ring (bicyclic) bond motifs is 1. The first-order valence-corrected chi connectivity index (χ1v) is 6.25. The third-order valence-corrected chi connectivity index (χ3v) is 4.19. The molecule has 0 aromatic carbocycles. The molecule has 2 heterocycles. The van der Waals surface area contributed by atoms with E-state index in [4.69, 9.17) is 0 Å². The molecule has 0 N–H and O–H groups in total. The zero-order valence-electron chi connectivity index (χ0n) is 9.41. The number of hydrogen-bond donors (Lipinski definition) is 0. The van der Waals surface area contributed by atoms with Crippen LogP contribution in [0.3, 0.4) is 0 Å². The second-order valence-corrected chi connectivity index (χ2v) is 4.85. The molecule has 14 heavy (non-hydrogen) atoms. The molecule has 2 aliphatic rings. The molecule has 0 aliphatic carbocycles. The molecule has 2 saturated heterocycles. The fourth-order valence-corrected chi connectivity index (χ4v) is 3.37. The van der Waals surface area contributed by atoms with Crippen molar-refractivity contribution in [3.63, 3.8) is 0 Å². The lowest BCUT2D eigenvalue weighted by Crippen LogP contribution is -2.52. The number of hydrogen-bond acceptors (Lipinski definition) is 1. The second kappa shape index (κ2) is 4.48. The highest BCUT2D eigenvalue weighted by Gasteiger charge is 2.36. The third-order valence-electron chi connectivity index (χ3n) is 4.19.